The maximum Gasteiger partial charge on any atom is 0.0723 e. The van der Waals surface area contributed by atoms with Gasteiger partial charge in [-0.15, -0.1) is 0 Å². The summed E-state index contributed by atoms with van der Waals surface area (Å²) in [5.41, 5.74) is 1.17. The lowest BCUT2D eigenvalue weighted by molar-refractivity contribution is -0.0265. The van der Waals surface area contributed by atoms with Crippen LogP contribution in [0, 0.1) is 5.92 Å². The molecule has 2 rings (SSSR count). The van der Waals surface area contributed by atoms with Crippen LogP contribution in [0.2, 0.25) is 0 Å². The average molecular weight is 261 g/mol. The van der Waals surface area contributed by atoms with Crippen LogP contribution in [0.25, 0.3) is 0 Å². The molecule has 0 heterocycles. The number of anilines is 1. The molecular weight excluding hydrogens is 234 g/mol. The highest BCUT2D eigenvalue weighted by molar-refractivity contribution is 5.42. The number of hydrogen-bond donors (Lipinski definition) is 1. The molecule has 1 aromatic rings. The lowest BCUT2D eigenvalue weighted by atomic mass is 9.85. The molecule has 19 heavy (non-hydrogen) atoms. The van der Waals surface area contributed by atoms with Crippen LogP contribution in [0.1, 0.15) is 46.0 Å². The number of nitrogens with one attached hydrogen (secondary N) is 1. The van der Waals surface area contributed by atoms with Crippen molar-refractivity contribution >= 4 is 5.69 Å². The van der Waals surface area contributed by atoms with Crippen molar-refractivity contribution in [2.24, 2.45) is 5.92 Å². The number of hydrogen-bond acceptors (Lipinski definition) is 2. The molecule has 0 amide bonds. The van der Waals surface area contributed by atoms with E-state index in [0.717, 1.165) is 12.5 Å². The lowest BCUT2D eigenvalue weighted by Gasteiger charge is -2.30. The molecule has 0 aliphatic heterocycles. The van der Waals surface area contributed by atoms with Crippen LogP contribution in [0.5, 0.6) is 0 Å². The summed E-state index contributed by atoms with van der Waals surface area (Å²) < 4.78 is 6.18. The Bertz CT molecular complexity index is 352. The SMILES string of the molecule is CCC1CCCC(OC(C)CNc2ccccc2)C1. The first-order valence-corrected chi connectivity index (χ1v) is 7.72. The van der Waals surface area contributed by atoms with Crippen LogP contribution >= 0.6 is 0 Å². The molecule has 1 aliphatic carbocycles. The normalized spacial score (nSPS) is 24.9. The van der Waals surface area contributed by atoms with Gasteiger partial charge >= 0.3 is 0 Å². The van der Waals surface area contributed by atoms with Gasteiger partial charge in [-0.25, -0.2) is 0 Å². The third kappa shape index (κ3) is 4.87. The molecule has 1 saturated carbocycles. The Hall–Kier alpha value is -1.02. The Balaban J connectivity index is 1.70. The van der Waals surface area contributed by atoms with E-state index in [1.54, 1.807) is 0 Å². The predicted octanol–water partition coefficient (Wildman–Crippen LogP) is 4.47. The first kappa shape index (κ1) is 14.4. The molecular formula is C17H27NO. The Morgan fingerprint density at radius 3 is 2.79 bits per heavy atom. The summed E-state index contributed by atoms with van der Waals surface area (Å²) in [6.45, 7) is 5.36. The van der Waals surface area contributed by atoms with Gasteiger partial charge in [-0.1, -0.05) is 44.4 Å². The molecule has 106 valence electrons. The molecule has 1 aliphatic rings. The minimum Gasteiger partial charge on any atom is -0.382 e. The summed E-state index contributed by atoms with van der Waals surface area (Å²) in [6, 6.07) is 10.3. The topological polar surface area (TPSA) is 21.3 Å². The van der Waals surface area contributed by atoms with E-state index < -0.39 is 0 Å². The first-order chi connectivity index (χ1) is 9.28. The second kappa shape index (κ2) is 7.54. The molecule has 1 N–H and O–H groups in total. The molecule has 0 aromatic heterocycles. The summed E-state index contributed by atoms with van der Waals surface area (Å²) in [5.74, 6) is 0.882. The maximum absolute atomic E-state index is 6.18. The van der Waals surface area contributed by atoms with Gasteiger partial charge in [0.05, 0.1) is 12.2 Å². The van der Waals surface area contributed by atoms with E-state index >= 15 is 0 Å². The van der Waals surface area contributed by atoms with Crippen LogP contribution in [0.3, 0.4) is 0 Å². The third-order valence-electron chi connectivity index (χ3n) is 4.10. The minimum atomic E-state index is 0.279. The van der Waals surface area contributed by atoms with Crippen LogP contribution in [0.15, 0.2) is 30.3 Å². The van der Waals surface area contributed by atoms with Crippen molar-refractivity contribution in [1.82, 2.24) is 0 Å². The van der Waals surface area contributed by atoms with Crippen LogP contribution < -0.4 is 5.32 Å². The third-order valence-corrected chi connectivity index (χ3v) is 4.10. The van der Waals surface area contributed by atoms with Gasteiger partial charge in [-0.3, -0.25) is 0 Å². The van der Waals surface area contributed by atoms with E-state index in [1.165, 1.54) is 37.8 Å². The average Bonchev–Trinajstić information content (AvgIpc) is 2.46. The van der Waals surface area contributed by atoms with Crippen molar-refractivity contribution < 1.29 is 4.74 Å². The molecule has 2 heteroatoms. The highest BCUT2D eigenvalue weighted by Gasteiger charge is 2.22. The van der Waals surface area contributed by atoms with E-state index in [9.17, 15) is 0 Å². The number of benzene rings is 1. The van der Waals surface area contributed by atoms with E-state index in [2.05, 4.69) is 43.4 Å². The van der Waals surface area contributed by atoms with Crippen LogP contribution in [0.4, 0.5) is 5.69 Å². The first-order valence-electron chi connectivity index (χ1n) is 7.72. The Kier molecular flexibility index (Phi) is 5.71. The lowest BCUT2D eigenvalue weighted by Crippen LogP contribution is -2.30. The Morgan fingerprint density at radius 1 is 1.26 bits per heavy atom. The molecule has 2 nitrogen and oxygen atoms in total. The second-order valence-corrected chi connectivity index (χ2v) is 5.76. The van der Waals surface area contributed by atoms with Crippen molar-refractivity contribution in [3.05, 3.63) is 30.3 Å². The van der Waals surface area contributed by atoms with E-state index in [4.69, 9.17) is 4.74 Å². The van der Waals surface area contributed by atoms with Gasteiger partial charge < -0.3 is 10.1 Å². The van der Waals surface area contributed by atoms with Gasteiger partial charge in [0.15, 0.2) is 0 Å². The predicted molar refractivity (Wildman–Crippen MR) is 81.5 cm³/mol. The van der Waals surface area contributed by atoms with Gasteiger partial charge in [0.2, 0.25) is 0 Å². The van der Waals surface area contributed by atoms with Crippen molar-refractivity contribution in [2.45, 2.75) is 58.2 Å². The monoisotopic (exact) mass is 261 g/mol. The number of ether oxygens (including phenoxy) is 1. The van der Waals surface area contributed by atoms with Gasteiger partial charge in [0, 0.05) is 12.2 Å². The summed E-state index contributed by atoms with van der Waals surface area (Å²) in [6.07, 6.45) is 7.29. The van der Waals surface area contributed by atoms with Crippen LogP contribution in [-0.2, 0) is 4.74 Å². The number of para-hydroxylation sites is 1. The highest BCUT2D eigenvalue weighted by Crippen LogP contribution is 2.29. The molecule has 1 fully saturated rings. The zero-order chi connectivity index (χ0) is 13.5. The molecule has 0 radical (unpaired) electrons. The summed E-state index contributed by atoms with van der Waals surface area (Å²) in [5, 5.41) is 3.43. The summed E-state index contributed by atoms with van der Waals surface area (Å²) in [7, 11) is 0. The van der Waals surface area contributed by atoms with Gasteiger partial charge in [0.1, 0.15) is 0 Å². The Morgan fingerprint density at radius 2 is 2.05 bits per heavy atom. The highest BCUT2D eigenvalue weighted by atomic mass is 16.5. The van der Waals surface area contributed by atoms with E-state index in [1.807, 2.05) is 6.07 Å². The fourth-order valence-electron chi connectivity index (χ4n) is 2.93. The molecule has 0 bridgehead atoms. The van der Waals surface area contributed by atoms with Crippen LogP contribution in [-0.4, -0.2) is 18.8 Å². The van der Waals surface area contributed by atoms with E-state index in [0.29, 0.717) is 6.10 Å². The quantitative estimate of drug-likeness (QED) is 0.815. The zero-order valence-electron chi connectivity index (χ0n) is 12.3. The van der Waals surface area contributed by atoms with Gasteiger partial charge in [-0.2, -0.15) is 0 Å². The van der Waals surface area contributed by atoms with Crippen molar-refractivity contribution in [1.29, 1.82) is 0 Å². The molecule has 0 spiro atoms. The smallest absolute Gasteiger partial charge is 0.0723 e. The van der Waals surface area contributed by atoms with E-state index in [-0.39, 0.29) is 6.10 Å². The fourth-order valence-corrected chi connectivity index (χ4v) is 2.93. The van der Waals surface area contributed by atoms with Crippen molar-refractivity contribution in [2.75, 3.05) is 11.9 Å². The second-order valence-electron chi connectivity index (χ2n) is 5.76. The summed E-state index contributed by atoms with van der Waals surface area (Å²) in [4.78, 5) is 0. The largest absolute Gasteiger partial charge is 0.382 e. The van der Waals surface area contributed by atoms with Gasteiger partial charge in [0.25, 0.3) is 0 Å². The zero-order valence-corrected chi connectivity index (χ0v) is 12.3. The minimum absolute atomic E-state index is 0.279. The van der Waals surface area contributed by atoms with Crippen molar-refractivity contribution in [3.63, 3.8) is 0 Å². The van der Waals surface area contributed by atoms with Crippen molar-refractivity contribution in [3.8, 4) is 0 Å². The maximum atomic E-state index is 6.18. The molecule has 1 aromatic carbocycles. The number of rotatable bonds is 6. The molecule has 3 atom stereocenters. The standard InChI is InChI=1S/C17H27NO/c1-3-15-8-7-11-17(12-15)19-14(2)13-18-16-9-5-4-6-10-16/h4-6,9-10,14-15,17-18H,3,7-8,11-13H2,1-2H3. The molecule has 0 saturated heterocycles. The Labute approximate surface area is 117 Å². The summed E-state index contributed by atoms with van der Waals surface area (Å²) >= 11 is 0. The van der Waals surface area contributed by atoms with Gasteiger partial charge in [-0.05, 0) is 37.8 Å². The molecule has 3 unspecified atom stereocenters. The fraction of sp³-hybridized carbons (Fsp3) is 0.647.